The molecular weight excluding hydrogens is 541 g/mol. The maximum atomic E-state index is 14.1. The summed E-state index contributed by atoms with van der Waals surface area (Å²) in [6, 6.07) is 3.69. The number of hydrogen-bond donors (Lipinski definition) is 2. The summed E-state index contributed by atoms with van der Waals surface area (Å²) in [5.41, 5.74) is -6.48. The molecule has 1 aliphatic rings. The summed E-state index contributed by atoms with van der Waals surface area (Å²) < 4.78 is 120. The first-order valence-electron chi connectivity index (χ1n) is 10.5. The molecule has 0 bridgehead atoms. The monoisotopic (exact) mass is 559 g/mol. The van der Waals surface area contributed by atoms with Crippen LogP contribution in [0.15, 0.2) is 29.6 Å². The molecule has 208 valence electrons. The van der Waals surface area contributed by atoms with Crippen molar-refractivity contribution in [3.8, 4) is 0 Å². The normalized spacial score (nSPS) is 18.1. The number of halogens is 9. The van der Waals surface area contributed by atoms with E-state index in [-0.39, 0.29) is 22.5 Å². The first kappa shape index (κ1) is 28.8. The van der Waals surface area contributed by atoms with Gasteiger partial charge in [0, 0.05) is 18.9 Å². The van der Waals surface area contributed by atoms with E-state index in [4.69, 9.17) is 0 Å². The van der Waals surface area contributed by atoms with Crippen molar-refractivity contribution in [3.05, 3.63) is 46.8 Å². The standard InChI is InChI=1S/C21H18F9N5O3/c1-10-5-11(3-4-13(10)32-16(37)6-15(36)31-9-19(22,23)24)14-7-18(38-34-14,21(28,29)30)12-8-35(2)33-17(12)20(25,26)27/h3-5,8H,6-7,9H2,1-2H3,(H,31,36)(H,32,37). The van der Waals surface area contributed by atoms with Gasteiger partial charge in [0.25, 0.3) is 5.60 Å². The average molecular weight is 559 g/mol. The Balaban J connectivity index is 1.79. The summed E-state index contributed by atoms with van der Waals surface area (Å²) >= 11 is 0. The van der Waals surface area contributed by atoms with Crippen LogP contribution in [0.5, 0.6) is 0 Å². The Hall–Kier alpha value is -3.79. The molecule has 17 heteroatoms. The number of benzene rings is 1. The van der Waals surface area contributed by atoms with Crippen molar-refractivity contribution in [2.24, 2.45) is 12.2 Å². The second-order valence-corrected chi connectivity index (χ2v) is 8.34. The summed E-state index contributed by atoms with van der Waals surface area (Å²) in [4.78, 5) is 28.1. The third-order valence-electron chi connectivity index (χ3n) is 5.36. The molecule has 0 saturated heterocycles. The van der Waals surface area contributed by atoms with Crippen LogP contribution in [0.2, 0.25) is 0 Å². The third kappa shape index (κ3) is 6.19. The Morgan fingerprint density at radius 1 is 1.08 bits per heavy atom. The zero-order valence-electron chi connectivity index (χ0n) is 19.4. The number of aromatic nitrogens is 2. The number of anilines is 1. The zero-order chi connectivity index (χ0) is 28.7. The summed E-state index contributed by atoms with van der Waals surface area (Å²) in [5, 5.41) is 10.3. The first-order chi connectivity index (χ1) is 17.3. The molecule has 0 fully saturated rings. The van der Waals surface area contributed by atoms with Crippen LogP contribution in [-0.2, 0) is 33.3 Å². The quantitative estimate of drug-likeness (QED) is 0.407. The van der Waals surface area contributed by atoms with Crippen LogP contribution in [0.1, 0.15) is 35.2 Å². The minimum atomic E-state index is -5.32. The summed E-state index contributed by atoms with van der Waals surface area (Å²) in [6.45, 7) is -0.209. The Morgan fingerprint density at radius 3 is 2.29 bits per heavy atom. The van der Waals surface area contributed by atoms with Crippen molar-refractivity contribution in [1.29, 1.82) is 0 Å². The van der Waals surface area contributed by atoms with Crippen molar-refractivity contribution in [1.82, 2.24) is 15.1 Å². The Kier molecular flexibility index (Phi) is 7.44. The van der Waals surface area contributed by atoms with Crippen LogP contribution in [0.4, 0.5) is 45.2 Å². The number of rotatable bonds is 6. The van der Waals surface area contributed by atoms with E-state index < -0.39 is 66.6 Å². The van der Waals surface area contributed by atoms with Crippen LogP contribution in [0, 0.1) is 6.92 Å². The zero-order valence-corrected chi connectivity index (χ0v) is 19.4. The van der Waals surface area contributed by atoms with Gasteiger partial charge < -0.3 is 15.5 Å². The van der Waals surface area contributed by atoms with Gasteiger partial charge >= 0.3 is 18.5 Å². The van der Waals surface area contributed by atoms with Gasteiger partial charge in [-0.3, -0.25) is 14.3 Å². The van der Waals surface area contributed by atoms with Gasteiger partial charge in [0.1, 0.15) is 13.0 Å². The number of nitrogens with one attached hydrogen (secondary N) is 2. The predicted molar refractivity (Wildman–Crippen MR) is 112 cm³/mol. The smallest absolute Gasteiger partial charge is 0.374 e. The number of hydrogen-bond acceptors (Lipinski definition) is 5. The maximum Gasteiger partial charge on any atom is 0.435 e. The topological polar surface area (TPSA) is 97.6 Å². The summed E-state index contributed by atoms with van der Waals surface area (Å²) in [6.07, 6.45) is -16.7. The number of carbonyl (C=O) groups excluding carboxylic acids is 2. The maximum absolute atomic E-state index is 14.1. The highest BCUT2D eigenvalue weighted by Crippen LogP contribution is 2.51. The molecule has 1 aromatic heterocycles. The molecule has 0 spiro atoms. The molecule has 1 atom stereocenters. The predicted octanol–water partition coefficient (Wildman–Crippen LogP) is 4.34. The molecule has 0 saturated carbocycles. The highest BCUT2D eigenvalue weighted by molar-refractivity contribution is 6.05. The van der Waals surface area contributed by atoms with E-state index in [2.05, 4.69) is 20.4 Å². The van der Waals surface area contributed by atoms with Crippen molar-refractivity contribution >= 4 is 23.2 Å². The Morgan fingerprint density at radius 2 is 1.74 bits per heavy atom. The summed E-state index contributed by atoms with van der Waals surface area (Å²) in [5.74, 6) is -2.15. The number of aryl methyl sites for hydroxylation is 2. The summed E-state index contributed by atoms with van der Waals surface area (Å²) in [7, 11) is 1.02. The average Bonchev–Trinajstić information content (AvgIpc) is 3.38. The van der Waals surface area contributed by atoms with Crippen molar-refractivity contribution < 1.29 is 53.9 Å². The van der Waals surface area contributed by atoms with Gasteiger partial charge in [-0.15, -0.1) is 0 Å². The molecule has 0 radical (unpaired) electrons. The van der Waals surface area contributed by atoms with Crippen LogP contribution >= 0.6 is 0 Å². The highest BCUT2D eigenvalue weighted by atomic mass is 19.4. The van der Waals surface area contributed by atoms with E-state index in [1.807, 2.05) is 0 Å². The second-order valence-electron chi connectivity index (χ2n) is 8.34. The number of nitrogens with zero attached hydrogens (tertiary/aromatic N) is 3. The van der Waals surface area contributed by atoms with Crippen LogP contribution < -0.4 is 10.6 Å². The van der Waals surface area contributed by atoms with Crippen molar-refractivity contribution in [3.63, 3.8) is 0 Å². The molecule has 1 unspecified atom stereocenters. The van der Waals surface area contributed by atoms with E-state index in [0.29, 0.717) is 10.9 Å². The molecule has 3 rings (SSSR count). The molecule has 1 aliphatic heterocycles. The first-order valence-corrected chi connectivity index (χ1v) is 10.5. The van der Waals surface area contributed by atoms with E-state index in [0.717, 1.165) is 7.05 Å². The molecule has 2 amide bonds. The second kappa shape index (κ2) is 9.83. The van der Waals surface area contributed by atoms with E-state index in [1.165, 1.54) is 30.4 Å². The van der Waals surface area contributed by atoms with Crippen LogP contribution in [-0.4, -0.2) is 46.2 Å². The van der Waals surface area contributed by atoms with Gasteiger partial charge in [0.05, 0.1) is 17.7 Å². The van der Waals surface area contributed by atoms with Gasteiger partial charge in [-0.1, -0.05) is 11.2 Å². The fraction of sp³-hybridized carbons (Fsp3) is 0.429. The van der Waals surface area contributed by atoms with Crippen molar-refractivity contribution in [2.45, 2.75) is 43.9 Å². The Bertz CT molecular complexity index is 1260. The van der Waals surface area contributed by atoms with Gasteiger partial charge in [-0.2, -0.15) is 44.6 Å². The SMILES string of the molecule is Cc1cc(C2=NOC(c3cn(C)nc3C(F)(F)F)(C(F)(F)F)C2)ccc1NC(=O)CC(=O)NCC(F)(F)F. The molecular formula is C21H18F9N5O3. The largest absolute Gasteiger partial charge is 0.435 e. The lowest BCUT2D eigenvalue weighted by Crippen LogP contribution is -2.43. The van der Waals surface area contributed by atoms with Gasteiger partial charge in [-0.25, -0.2) is 0 Å². The molecule has 8 nitrogen and oxygen atoms in total. The number of oxime groups is 1. The van der Waals surface area contributed by atoms with Crippen molar-refractivity contribution in [2.75, 3.05) is 11.9 Å². The van der Waals surface area contributed by atoms with Crippen LogP contribution in [0.25, 0.3) is 0 Å². The van der Waals surface area contributed by atoms with E-state index in [1.54, 1.807) is 0 Å². The van der Waals surface area contributed by atoms with Gasteiger partial charge in [-0.05, 0) is 30.2 Å². The minimum absolute atomic E-state index is 0.0343. The lowest BCUT2D eigenvalue weighted by molar-refractivity contribution is -0.277. The Labute approximate surface area is 207 Å². The number of alkyl halides is 9. The molecule has 1 aromatic carbocycles. The minimum Gasteiger partial charge on any atom is -0.374 e. The lowest BCUT2D eigenvalue weighted by atomic mass is 9.86. The van der Waals surface area contributed by atoms with Crippen LogP contribution in [0.3, 0.4) is 0 Å². The van der Waals surface area contributed by atoms with Gasteiger partial charge in [0.2, 0.25) is 11.8 Å². The van der Waals surface area contributed by atoms with Gasteiger partial charge in [0.15, 0.2) is 5.69 Å². The molecule has 2 N–H and O–H groups in total. The molecule has 38 heavy (non-hydrogen) atoms. The fourth-order valence-electron chi connectivity index (χ4n) is 3.62. The molecule has 0 aliphatic carbocycles. The van der Waals surface area contributed by atoms with E-state index in [9.17, 15) is 49.1 Å². The lowest BCUT2D eigenvalue weighted by Gasteiger charge is -2.29. The number of carbonyl (C=O) groups is 2. The molecule has 2 heterocycles. The van der Waals surface area contributed by atoms with E-state index >= 15 is 0 Å². The third-order valence-corrected chi connectivity index (χ3v) is 5.36. The fourth-order valence-corrected chi connectivity index (χ4v) is 3.62. The number of amides is 2. The highest BCUT2D eigenvalue weighted by Gasteiger charge is 2.65. The molecule has 2 aromatic rings.